The van der Waals surface area contributed by atoms with Crippen LogP contribution in [-0.2, 0) is 4.79 Å². The van der Waals surface area contributed by atoms with Crippen LogP contribution in [0.25, 0.3) is 0 Å². The Labute approximate surface area is 95.5 Å². The molecule has 0 saturated carbocycles. The first kappa shape index (κ1) is 12.6. The van der Waals surface area contributed by atoms with Gasteiger partial charge in [-0.05, 0) is 19.3 Å². The molecule has 16 heavy (non-hydrogen) atoms. The summed E-state index contributed by atoms with van der Waals surface area (Å²) in [6.45, 7) is 5.85. The van der Waals surface area contributed by atoms with Gasteiger partial charge in [0.25, 0.3) is 0 Å². The lowest BCUT2D eigenvalue weighted by Gasteiger charge is -2.13. The number of rotatable bonds is 4. The van der Waals surface area contributed by atoms with E-state index in [9.17, 15) is 4.79 Å². The maximum atomic E-state index is 11.6. The number of nitrogens with zero attached hydrogens (tertiary/aromatic N) is 2. The molecule has 0 aliphatic carbocycles. The van der Waals surface area contributed by atoms with Gasteiger partial charge >= 0.3 is 0 Å². The second-order valence-electron chi connectivity index (χ2n) is 4.24. The third kappa shape index (κ3) is 3.94. The van der Waals surface area contributed by atoms with Crippen LogP contribution in [0.5, 0.6) is 0 Å². The average Bonchev–Trinajstić information content (AvgIpc) is 2.20. The van der Waals surface area contributed by atoms with Gasteiger partial charge < -0.3 is 11.1 Å². The first-order valence-corrected chi connectivity index (χ1v) is 5.34. The Bertz CT molecular complexity index is 348. The first-order chi connectivity index (χ1) is 7.49. The summed E-state index contributed by atoms with van der Waals surface area (Å²) in [4.78, 5) is 19.6. The molecule has 0 unspecified atom stereocenters. The lowest BCUT2D eigenvalue weighted by Crippen LogP contribution is -2.36. The van der Waals surface area contributed by atoms with Gasteiger partial charge in [-0.1, -0.05) is 13.8 Å². The fourth-order valence-electron chi connectivity index (χ4n) is 1.31. The molecule has 0 aliphatic heterocycles. The van der Waals surface area contributed by atoms with Gasteiger partial charge in [-0.3, -0.25) is 4.79 Å². The van der Waals surface area contributed by atoms with Crippen molar-refractivity contribution in [3.63, 3.8) is 0 Å². The number of aryl methyl sites for hydroxylation is 1. The van der Waals surface area contributed by atoms with E-state index in [0.29, 0.717) is 23.9 Å². The number of nitrogens with two attached hydrogens (primary N) is 1. The van der Waals surface area contributed by atoms with Crippen LogP contribution in [0, 0.1) is 12.8 Å². The van der Waals surface area contributed by atoms with E-state index in [0.717, 1.165) is 0 Å². The Kier molecular flexibility index (Phi) is 4.37. The van der Waals surface area contributed by atoms with Crippen LogP contribution in [0.4, 0.5) is 5.69 Å². The Morgan fingerprint density at radius 3 is 2.50 bits per heavy atom. The number of hydrogen-bond acceptors (Lipinski definition) is 4. The molecule has 1 atom stereocenters. The van der Waals surface area contributed by atoms with Crippen LogP contribution in [-0.4, -0.2) is 21.9 Å². The number of hydrogen-bond donors (Lipinski definition) is 2. The number of aromatic nitrogens is 2. The molecule has 5 heteroatoms. The fraction of sp³-hybridized carbons (Fsp3) is 0.545. The van der Waals surface area contributed by atoms with Crippen LogP contribution in [0.15, 0.2) is 12.4 Å². The van der Waals surface area contributed by atoms with Gasteiger partial charge in [0, 0.05) is 0 Å². The van der Waals surface area contributed by atoms with Crippen molar-refractivity contribution in [2.45, 2.75) is 33.2 Å². The summed E-state index contributed by atoms with van der Waals surface area (Å²) in [6, 6.07) is -0.485. The van der Waals surface area contributed by atoms with Crippen molar-refractivity contribution in [2.24, 2.45) is 11.7 Å². The van der Waals surface area contributed by atoms with Gasteiger partial charge in [0.05, 0.1) is 24.1 Å². The minimum absolute atomic E-state index is 0.193. The molecule has 88 valence electrons. The maximum Gasteiger partial charge on any atom is 0.241 e. The maximum absolute atomic E-state index is 11.6. The Balaban J connectivity index is 2.54. The second-order valence-corrected chi connectivity index (χ2v) is 4.24. The van der Waals surface area contributed by atoms with E-state index < -0.39 is 6.04 Å². The zero-order valence-corrected chi connectivity index (χ0v) is 9.90. The van der Waals surface area contributed by atoms with E-state index in [1.807, 2.05) is 13.8 Å². The van der Waals surface area contributed by atoms with Crippen LogP contribution in [0.2, 0.25) is 0 Å². The number of anilines is 1. The van der Waals surface area contributed by atoms with E-state index in [4.69, 9.17) is 5.73 Å². The quantitative estimate of drug-likeness (QED) is 0.799. The summed E-state index contributed by atoms with van der Waals surface area (Å²) in [5.74, 6) is 0.876. The number of carbonyl (C=O) groups excluding carboxylic acids is 1. The average molecular weight is 222 g/mol. The van der Waals surface area contributed by atoms with Gasteiger partial charge in [-0.25, -0.2) is 9.97 Å². The summed E-state index contributed by atoms with van der Waals surface area (Å²) in [6.07, 6.45) is 3.81. The summed E-state index contributed by atoms with van der Waals surface area (Å²) in [7, 11) is 0. The summed E-state index contributed by atoms with van der Waals surface area (Å²) >= 11 is 0. The van der Waals surface area contributed by atoms with Crippen molar-refractivity contribution in [2.75, 3.05) is 5.32 Å². The monoisotopic (exact) mass is 222 g/mol. The minimum Gasteiger partial charge on any atom is -0.322 e. The third-order valence-corrected chi connectivity index (χ3v) is 2.11. The molecule has 5 nitrogen and oxygen atoms in total. The molecule has 3 N–H and O–H groups in total. The summed E-state index contributed by atoms with van der Waals surface area (Å²) in [5.41, 5.74) is 6.32. The zero-order valence-electron chi connectivity index (χ0n) is 9.90. The number of amides is 1. The minimum atomic E-state index is -0.485. The highest BCUT2D eigenvalue weighted by molar-refractivity contribution is 5.94. The van der Waals surface area contributed by atoms with Crippen molar-refractivity contribution >= 4 is 11.6 Å². The number of nitrogens with one attached hydrogen (secondary N) is 1. The molecule has 1 heterocycles. The molecule has 0 aliphatic rings. The normalized spacial score (nSPS) is 12.6. The van der Waals surface area contributed by atoms with Crippen LogP contribution in [0.3, 0.4) is 0 Å². The van der Waals surface area contributed by atoms with Crippen molar-refractivity contribution in [3.8, 4) is 0 Å². The lowest BCUT2D eigenvalue weighted by molar-refractivity contribution is -0.117. The van der Waals surface area contributed by atoms with Crippen molar-refractivity contribution in [1.82, 2.24) is 9.97 Å². The molecule has 0 spiro atoms. The summed E-state index contributed by atoms with van der Waals surface area (Å²) in [5, 5.41) is 2.69. The van der Waals surface area contributed by atoms with E-state index >= 15 is 0 Å². The standard InChI is InChI=1S/C11H18N4O/c1-7(2)4-10(12)11(16)15-9-5-13-8(3)14-6-9/h5-7,10H,4,12H2,1-3H3,(H,15,16)/t10-/m1/s1. The van der Waals surface area contributed by atoms with Gasteiger partial charge in [0.1, 0.15) is 5.82 Å². The molecule has 0 bridgehead atoms. The number of carbonyl (C=O) groups is 1. The van der Waals surface area contributed by atoms with Crippen molar-refractivity contribution in [1.29, 1.82) is 0 Å². The Hall–Kier alpha value is -1.49. The van der Waals surface area contributed by atoms with Gasteiger partial charge in [0.2, 0.25) is 5.91 Å². The summed E-state index contributed by atoms with van der Waals surface area (Å²) < 4.78 is 0. The molecule has 0 saturated heterocycles. The highest BCUT2D eigenvalue weighted by Gasteiger charge is 2.15. The molecular weight excluding hydrogens is 204 g/mol. The molecule has 1 amide bonds. The van der Waals surface area contributed by atoms with Crippen LogP contribution < -0.4 is 11.1 Å². The molecule has 0 aromatic carbocycles. The van der Waals surface area contributed by atoms with Crippen LogP contribution >= 0.6 is 0 Å². The van der Waals surface area contributed by atoms with E-state index in [-0.39, 0.29) is 5.91 Å². The van der Waals surface area contributed by atoms with Crippen LogP contribution in [0.1, 0.15) is 26.1 Å². The molecule has 0 radical (unpaired) electrons. The first-order valence-electron chi connectivity index (χ1n) is 5.34. The predicted octanol–water partition coefficient (Wildman–Crippen LogP) is 1.10. The third-order valence-electron chi connectivity index (χ3n) is 2.11. The van der Waals surface area contributed by atoms with Crippen molar-refractivity contribution < 1.29 is 4.79 Å². The smallest absolute Gasteiger partial charge is 0.241 e. The largest absolute Gasteiger partial charge is 0.322 e. The molecule has 1 aromatic heterocycles. The fourth-order valence-corrected chi connectivity index (χ4v) is 1.31. The molecule has 0 fully saturated rings. The second kappa shape index (κ2) is 5.55. The Morgan fingerprint density at radius 1 is 1.44 bits per heavy atom. The van der Waals surface area contributed by atoms with Gasteiger partial charge in [-0.15, -0.1) is 0 Å². The van der Waals surface area contributed by atoms with E-state index in [1.165, 1.54) is 0 Å². The Morgan fingerprint density at radius 2 is 2.00 bits per heavy atom. The highest BCUT2D eigenvalue weighted by Crippen LogP contribution is 2.07. The zero-order chi connectivity index (χ0) is 12.1. The van der Waals surface area contributed by atoms with E-state index in [1.54, 1.807) is 19.3 Å². The highest BCUT2D eigenvalue weighted by atomic mass is 16.2. The van der Waals surface area contributed by atoms with Gasteiger partial charge in [0.15, 0.2) is 0 Å². The van der Waals surface area contributed by atoms with Crippen molar-refractivity contribution in [3.05, 3.63) is 18.2 Å². The SMILES string of the molecule is Cc1ncc(NC(=O)[C@H](N)CC(C)C)cn1. The topological polar surface area (TPSA) is 80.9 Å². The lowest BCUT2D eigenvalue weighted by atomic mass is 10.0. The van der Waals surface area contributed by atoms with E-state index in [2.05, 4.69) is 15.3 Å². The van der Waals surface area contributed by atoms with Gasteiger partial charge in [-0.2, -0.15) is 0 Å². The predicted molar refractivity (Wildman–Crippen MR) is 62.8 cm³/mol. The molecule has 1 aromatic rings. The molecular formula is C11H18N4O. The molecule has 1 rings (SSSR count).